The second-order valence-electron chi connectivity index (χ2n) is 3.31. The predicted molar refractivity (Wildman–Crippen MR) is 64.5 cm³/mol. The van der Waals surface area contributed by atoms with E-state index in [1.165, 1.54) is 0 Å². The van der Waals surface area contributed by atoms with Crippen molar-refractivity contribution in [2.75, 3.05) is 6.54 Å². The molecule has 1 saturated heterocycles. The van der Waals surface area contributed by atoms with Crippen molar-refractivity contribution in [3.63, 3.8) is 0 Å². The Morgan fingerprint density at radius 3 is 3.44 bits per heavy atom. The smallest absolute Gasteiger partial charge is 0.173 e. The van der Waals surface area contributed by atoms with Crippen LogP contribution in [0.2, 0.25) is 1.41 Å². The molecule has 0 spiro atoms. The molecule has 5 heteroatoms. The number of fused-ring (bicyclic) bond motifs is 1. The Balaban J connectivity index is 2.36. The second-order valence-corrected chi connectivity index (χ2v) is 3.31. The quantitative estimate of drug-likeness (QED) is 0.902. The number of hydrogen-bond acceptors (Lipinski definition) is 2. The number of halogens is 2. The van der Waals surface area contributed by atoms with E-state index < -0.39 is 79.4 Å². The molecule has 1 aliphatic rings. The molecule has 3 nitrogen and oxygen atoms in total. The van der Waals surface area contributed by atoms with Gasteiger partial charge in [0.2, 0.25) is 0 Å². The summed E-state index contributed by atoms with van der Waals surface area (Å²) in [6.45, 7) is -1.23. The molecule has 1 N–H and O–H groups in total. The first-order valence-corrected chi connectivity index (χ1v) is 4.89. The maximum absolute atomic E-state index is 14.3. The number of nitrogens with zero attached hydrogens (tertiary/aromatic N) is 2. The summed E-state index contributed by atoms with van der Waals surface area (Å²) in [6, 6.07) is -4.93. The molecule has 0 amide bonds. The molecule has 0 radical (unpaired) electrons. The van der Waals surface area contributed by atoms with E-state index in [1.54, 1.807) is 0 Å². The van der Waals surface area contributed by atoms with Crippen molar-refractivity contribution in [1.29, 1.82) is 0 Å². The largest absolute Gasteiger partial charge is 0.314 e. The Hall–Kier alpha value is -1.49. The van der Waals surface area contributed by atoms with Gasteiger partial charge in [-0.25, -0.2) is 13.8 Å². The second kappa shape index (κ2) is 4.65. The van der Waals surface area contributed by atoms with Crippen molar-refractivity contribution < 1.29 is 26.6 Å². The lowest BCUT2D eigenvalue weighted by Gasteiger charge is -2.22. The van der Waals surface area contributed by atoms with Crippen LogP contribution in [-0.2, 0) is 6.37 Å². The molecular weight excluding hydrogens is 236 g/mol. The normalized spacial score (nSPS) is 45.3. The van der Waals surface area contributed by atoms with E-state index in [0.717, 1.165) is 0 Å². The van der Waals surface area contributed by atoms with Crippen molar-refractivity contribution in [3.8, 4) is 0 Å². The molecule has 3 rings (SSSR count). The lowest BCUT2D eigenvalue weighted by atomic mass is 10.0. The van der Waals surface area contributed by atoms with E-state index >= 15 is 0 Å². The van der Waals surface area contributed by atoms with Crippen LogP contribution >= 0.6 is 0 Å². The third-order valence-corrected chi connectivity index (χ3v) is 2.10. The number of nitrogens with one attached hydrogen (secondary N) is 1. The molecule has 0 unspecified atom stereocenters. The molecular formula is C13H15F2N3. The number of hydrogen-bond donors (Lipinski definition) is 1. The van der Waals surface area contributed by atoms with Gasteiger partial charge in [0.15, 0.2) is 11.5 Å². The topological polar surface area (TPSA) is 29.3 Å². The van der Waals surface area contributed by atoms with Crippen molar-refractivity contribution in [2.45, 2.75) is 31.5 Å². The molecule has 1 aliphatic heterocycles. The number of piperidine rings is 1. The maximum Gasteiger partial charge on any atom is 0.173 e. The molecule has 0 aromatic carbocycles. The van der Waals surface area contributed by atoms with Crippen LogP contribution in [0.3, 0.4) is 0 Å². The van der Waals surface area contributed by atoms with Crippen LogP contribution in [0.1, 0.15) is 41.3 Å². The first-order valence-electron chi connectivity index (χ1n) is 11.3. The summed E-state index contributed by atoms with van der Waals surface area (Å²) >= 11 is 0. The van der Waals surface area contributed by atoms with Gasteiger partial charge in [-0.05, 0) is 19.3 Å². The standard InChI is InChI=1S/C13H15F2N3/c14-9-5-12(15)13-17-11(8-18(13)7-9)6-10-3-1-2-4-16-10/h5,7-8,10,16H,1-4,6H2/t10-/m0/s1/i1D2,2D2,3D2,5D,6D2,7D,8D,10D/hD. The fourth-order valence-corrected chi connectivity index (χ4v) is 1.39. The number of aromatic nitrogens is 2. The van der Waals surface area contributed by atoms with Crippen molar-refractivity contribution in [2.24, 2.45) is 0 Å². The minimum atomic E-state index is -3.72. The van der Waals surface area contributed by atoms with Gasteiger partial charge in [0.25, 0.3) is 0 Å². The van der Waals surface area contributed by atoms with Gasteiger partial charge in [0.1, 0.15) is 7.23 Å². The van der Waals surface area contributed by atoms with Gasteiger partial charge in [-0.1, -0.05) is 6.37 Å². The van der Waals surface area contributed by atoms with Gasteiger partial charge in [-0.2, -0.15) is 0 Å². The minimum absolute atomic E-state index is 0.147. The van der Waals surface area contributed by atoms with Gasteiger partial charge in [0.05, 0.1) is 9.81 Å². The van der Waals surface area contributed by atoms with Gasteiger partial charge in [0, 0.05) is 43.1 Å². The van der Waals surface area contributed by atoms with Gasteiger partial charge < -0.3 is 9.71 Å². The summed E-state index contributed by atoms with van der Waals surface area (Å²) in [5.41, 5.74) is -2.23. The highest BCUT2D eigenvalue weighted by Gasteiger charge is 2.16. The average Bonchev–Trinajstić information content (AvgIpc) is 3.00. The Bertz CT molecular complexity index is 1080. The third kappa shape index (κ3) is 2.22. The van der Waals surface area contributed by atoms with Crippen LogP contribution < -0.4 is 5.31 Å². The number of rotatable bonds is 2. The summed E-state index contributed by atoms with van der Waals surface area (Å²) in [5, 5.41) is -0.147. The van der Waals surface area contributed by atoms with Crippen molar-refractivity contribution in [3.05, 3.63) is 35.7 Å². The number of imidazole rings is 1. The molecule has 0 aliphatic carbocycles. The highest BCUT2D eigenvalue weighted by Crippen LogP contribution is 2.15. The highest BCUT2D eigenvalue weighted by atomic mass is 19.1. The summed E-state index contributed by atoms with van der Waals surface area (Å²) in [4.78, 5) is 3.46. The van der Waals surface area contributed by atoms with Gasteiger partial charge in [-0.3, -0.25) is 0 Å². The first kappa shape index (κ1) is 4.00. The molecule has 1 fully saturated rings. The zero-order valence-electron chi connectivity index (χ0n) is 21.8. The van der Waals surface area contributed by atoms with Crippen LogP contribution in [-0.4, -0.2) is 21.9 Å². The molecule has 18 heavy (non-hydrogen) atoms. The van der Waals surface area contributed by atoms with Gasteiger partial charge >= 0.3 is 0 Å². The fourth-order valence-electron chi connectivity index (χ4n) is 1.39. The molecule has 2 aromatic rings. The average molecular weight is 264 g/mol. The van der Waals surface area contributed by atoms with E-state index in [4.69, 9.17) is 17.9 Å². The summed E-state index contributed by atoms with van der Waals surface area (Å²) in [7, 11) is 0. The predicted octanol–water partition coefficient (Wildman–Crippen LogP) is 2.30. The first-order chi connectivity index (χ1) is 13.8. The van der Waals surface area contributed by atoms with Crippen molar-refractivity contribution in [1.82, 2.24) is 14.7 Å². The number of pyridine rings is 1. The Morgan fingerprint density at radius 2 is 2.56 bits per heavy atom. The molecule has 0 bridgehead atoms. The Kier molecular flexibility index (Phi) is 1.03. The Morgan fingerprint density at radius 1 is 1.67 bits per heavy atom. The van der Waals surface area contributed by atoms with E-state index in [-0.39, 0.29) is 9.71 Å². The van der Waals surface area contributed by atoms with Crippen LogP contribution in [0.25, 0.3) is 5.65 Å². The molecule has 96 valence electrons. The Labute approximate surface area is 122 Å². The minimum Gasteiger partial charge on any atom is -0.314 e. The summed E-state index contributed by atoms with van der Waals surface area (Å²) in [6.07, 6.45) is -16.2. The molecule has 2 aromatic heterocycles. The zero-order chi connectivity index (χ0) is 24.1. The third-order valence-electron chi connectivity index (χ3n) is 2.10. The van der Waals surface area contributed by atoms with E-state index in [0.29, 0.717) is 0 Å². The molecule has 3 heterocycles. The van der Waals surface area contributed by atoms with Crippen LogP contribution in [0, 0.1) is 11.6 Å². The van der Waals surface area contributed by atoms with Crippen LogP contribution in [0.5, 0.6) is 0 Å². The van der Waals surface area contributed by atoms with E-state index in [9.17, 15) is 8.78 Å². The highest BCUT2D eigenvalue weighted by molar-refractivity contribution is 5.41. The van der Waals surface area contributed by atoms with E-state index in [2.05, 4.69) is 4.98 Å². The fraction of sp³-hybridized carbons (Fsp3) is 0.462. The van der Waals surface area contributed by atoms with Gasteiger partial charge in [-0.15, -0.1) is 0 Å². The monoisotopic (exact) mass is 264 g/mol. The van der Waals surface area contributed by atoms with Crippen LogP contribution in [0.4, 0.5) is 8.78 Å². The zero-order valence-corrected chi connectivity index (χ0v) is 8.80. The van der Waals surface area contributed by atoms with Crippen LogP contribution in [0.15, 0.2) is 18.4 Å². The lowest BCUT2D eigenvalue weighted by Crippen LogP contribution is -2.35. The molecule has 1 atom stereocenters. The SMILES string of the molecule is [2H]c1c(F)c([2H])n2c([2H])c(C([2H])([2H])[C@@]3([2H])N([2H])CC([2H])([2H])C([2H])([2H])C3([2H])[2H])nc2c1F. The summed E-state index contributed by atoms with van der Waals surface area (Å²) < 4.78 is 132. The maximum atomic E-state index is 14.3. The van der Waals surface area contributed by atoms with Crippen molar-refractivity contribution >= 4 is 5.65 Å². The lowest BCUT2D eigenvalue weighted by molar-refractivity contribution is 0.397. The summed E-state index contributed by atoms with van der Waals surface area (Å²) in [5.74, 6) is -3.33. The molecule has 0 saturated carbocycles. The van der Waals surface area contributed by atoms with E-state index in [1.807, 2.05) is 0 Å².